The van der Waals surface area contributed by atoms with E-state index in [0.717, 1.165) is 26.2 Å². The highest BCUT2D eigenvalue weighted by atomic mass is 16.3. The average Bonchev–Trinajstić information content (AvgIpc) is 2.26. The normalized spacial score (nSPS) is 21.5. The Morgan fingerprint density at radius 2 is 1.82 bits per heavy atom. The molecular formula is C13H26N2O2. The zero-order valence-corrected chi connectivity index (χ0v) is 11.6. The number of nitrogens with zero attached hydrogens (tertiary/aromatic N) is 2. The number of hydrogen-bond acceptors (Lipinski definition) is 4. The van der Waals surface area contributed by atoms with E-state index in [0.29, 0.717) is 18.7 Å². The Labute approximate surface area is 105 Å². The lowest BCUT2D eigenvalue weighted by Crippen LogP contribution is -2.54. The van der Waals surface area contributed by atoms with E-state index in [9.17, 15) is 9.90 Å². The molecule has 0 spiro atoms. The van der Waals surface area contributed by atoms with Crippen LogP contribution in [0.3, 0.4) is 0 Å². The molecule has 0 aromatic rings. The van der Waals surface area contributed by atoms with Crippen molar-refractivity contribution < 1.29 is 9.90 Å². The Kier molecular flexibility index (Phi) is 5.10. The summed E-state index contributed by atoms with van der Waals surface area (Å²) in [6.07, 6.45) is 0.616. The number of rotatable bonds is 5. The lowest BCUT2D eigenvalue weighted by molar-refractivity contribution is -0.124. The molecule has 0 aromatic carbocycles. The van der Waals surface area contributed by atoms with Gasteiger partial charge in [-0.15, -0.1) is 0 Å². The number of carbonyl (C=O) groups excluding carboxylic acids is 1. The van der Waals surface area contributed by atoms with E-state index in [4.69, 9.17) is 0 Å². The molecule has 4 heteroatoms. The summed E-state index contributed by atoms with van der Waals surface area (Å²) in [5.41, 5.74) is -0.632. The van der Waals surface area contributed by atoms with Gasteiger partial charge < -0.3 is 5.11 Å². The van der Waals surface area contributed by atoms with Gasteiger partial charge in [-0.2, -0.15) is 0 Å². The maximum Gasteiger partial charge on any atom is 0.149 e. The fourth-order valence-electron chi connectivity index (χ4n) is 2.36. The van der Waals surface area contributed by atoms with Crippen molar-refractivity contribution in [1.29, 1.82) is 0 Å². The predicted octanol–water partition coefficient (Wildman–Crippen LogP) is 0.742. The van der Waals surface area contributed by atoms with Crippen LogP contribution < -0.4 is 0 Å². The van der Waals surface area contributed by atoms with E-state index in [-0.39, 0.29) is 6.04 Å². The van der Waals surface area contributed by atoms with E-state index in [1.165, 1.54) is 0 Å². The Morgan fingerprint density at radius 1 is 1.29 bits per heavy atom. The molecule has 1 rings (SSSR count). The first kappa shape index (κ1) is 14.6. The molecule has 1 fully saturated rings. The fourth-order valence-corrected chi connectivity index (χ4v) is 2.36. The second-order valence-electron chi connectivity index (χ2n) is 5.62. The molecule has 1 aliphatic rings. The second-order valence-corrected chi connectivity index (χ2v) is 5.62. The third-order valence-electron chi connectivity index (χ3n) is 3.38. The van der Waals surface area contributed by atoms with Gasteiger partial charge in [0.1, 0.15) is 5.78 Å². The van der Waals surface area contributed by atoms with Crippen molar-refractivity contribution in [3.8, 4) is 0 Å². The Morgan fingerprint density at radius 3 is 2.24 bits per heavy atom. The van der Waals surface area contributed by atoms with Gasteiger partial charge >= 0.3 is 0 Å². The summed E-state index contributed by atoms with van der Waals surface area (Å²) in [7, 11) is 0. The fraction of sp³-hybridized carbons (Fsp3) is 0.923. The van der Waals surface area contributed by atoms with Gasteiger partial charge in [0, 0.05) is 39.1 Å². The van der Waals surface area contributed by atoms with Crippen LogP contribution in [-0.4, -0.2) is 65.1 Å². The maximum atomic E-state index is 11.6. The molecule has 0 radical (unpaired) electrons. The van der Waals surface area contributed by atoms with Crippen molar-refractivity contribution in [3.05, 3.63) is 0 Å². The first-order valence-corrected chi connectivity index (χ1v) is 6.55. The van der Waals surface area contributed by atoms with Crippen LogP contribution in [0.5, 0.6) is 0 Å². The smallest absolute Gasteiger partial charge is 0.149 e. The monoisotopic (exact) mass is 242 g/mol. The summed E-state index contributed by atoms with van der Waals surface area (Å²) < 4.78 is 0. The average molecular weight is 242 g/mol. The topological polar surface area (TPSA) is 43.8 Å². The van der Waals surface area contributed by atoms with Crippen LogP contribution in [-0.2, 0) is 4.79 Å². The van der Waals surface area contributed by atoms with Crippen LogP contribution in [0.2, 0.25) is 0 Å². The second kappa shape index (κ2) is 5.94. The number of hydrogen-bond donors (Lipinski definition) is 1. The molecule has 0 bridgehead atoms. The lowest BCUT2D eigenvalue weighted by Gasteiger charge is -2.39. The van der Waals surface area contributed by atoms with Crippen LogP contribution >= 0.6 is 0 Å². The number of aliphatic hydroxyl groups is 1. The molecule has 100 valence electrons. The molecular weight excluding hydrogens is 216 g/mol. The molecule has 17 heavy (non-hydrogen) atoms. The van der Waals surface area contributed by atoms with Gasteiger partial charge in [0.2, 0.25) is 0 Å². The molecule has 1 unspecified atom stereocenters. The Bertz CT molecular complexity index is 253. The highest BCUT2D eigenvalue weighted by Gasteiger charge is 2.26. The summed E-state index contributed by atoms with van der Waals surface area (Å²) in [6, 6.07) is 0.0456. The first-order chi connectivity index (χ1) is 7.83. The van der Waals surface area contributed by atoms with Gasteiger partial charge in [-0.25, -0.2) is 0 Å². The SMILES string of the molecule is CCC(=O)C(C)N1CCN(CC(C)(C)O)CC1. The molecule has 0 aliphatic carbocycles. The molecule has 0 aromatic heterocycles. The predicted molar refractivity (Wildman–Crippen MR) is 69.1 cm³/mol. The minimum Gasteiger partial charge on any atom is -0.389 e. The van der Waals surface area contributed by atoms with E-state index in [1.54, 1.807) is 0 Å². The summed E-state index contributed by atoms with van der Waals surface area (Å²) in [6.45, 7) is 12.0. The zero-order valence-electron chi connectivity index (χ0n) is 11.6. The van der Waals surface area contributed by atoms with Gasteiger partial charge in [0.15, 0.2) is 0 Å². The summed E-state index contributed by atoms with van der Waals surface area (Å²) in [5.74, 6) is 0.320. The minimum atomic E-state index is -0.632. The highest BCUT2D eigenvalue weighted by molar-refractivity contribution is 5.83. The number of piperazine rings is 1. The van der Waals surface area contributed by atoms with Crippen molar-refractivity contribution in [2.75, 3.05) is 32.7 Å². The molecule has 1 atom stereocenters. The largest absolute Gasteiger partial charge is 0.389 e. The van der Waals surface area contributed by atoms with Crippen LogP contribution in [0.25, 0.3) is 0 Å². The molecule has 0 amide bonds. The van der Waals surface area contributed by atoms with Gasteiger partial charge in [0.05, 0.1) is 11.6 Å². The number of carbonyl (C=O) groups is 1. The molecule has 4 nitrogen and oxygen atoms in total. The zero-order chi connectivity index (χ0) is 13.1. The van der Waals surface area contributed by atoms with E-state index < -0.39 is 5.60 Å². The van der Waals surface area contributed by atoms with Crippen molar-refractivity contribution in [3.63, 3.8) is 0 Å². The van der Waals surface area contributed by atoms with Crippen LogP contribution in [0.15, 0.2) is 0 Å². The quantitative estimate of drug-likeness (QED) is 0.772. The molecule has 1 heterocycles. The van der Waals surface area contributed by atoms with Crippen LogP contribution in [0, 0.1) is 0 Å². The van der Waals surface area contributed by atoms with Crippen molar-refractivity contribution >= 4 is 5.78 Å². The summed E-state index contributed by atoms with van der Waals surface area (Å²) in [4.78, 5) is 16.1. The third-order valence-corrected chi connectivity index (χ3v) is 3.38. The molecule has 1 saturated heterocycles. The standard InChI is InChI=1S/C13H26N2O2/c1-5-12(16)11(2)15-8-6-14(7-9-15)10-13(3,4)17/h11,17H,5-10H2,1-4H3. The van der Waals surface area contributed by atoms with Gasteiger partial charge in [-0.1, -0.05) is 6.92 Å². The first-order valence-electron chi connectivity index (χ1n) is 6.55. The van der Waals surface area contributed by atoms with E-state index >= 15 is 0 Å². The minimum absolute atomic E-state index is 0.0456. The van der Waals surface area contributed by atoms with Crippen LogP contribution in [0.1, 0.15) is 34.1 Å². The van der Waals surface area contributed by atoms with E-state index in [2.05, 4.69) is 9.80 Å². The van der Waals surface area contributed by atoms with Gasteiger partial charge in [-0.05, 0) is 20.8 Å². The number of Topliss-reactive ketones (excluding diaryl/α,β-unsaturated/α-hetero) is 1. The lowest BCUT2D eigenvalue weighted by atomic mass is 10.1. The molecule has 0 saturated carbocycles. The van der Waals surface area contributed by atoms with Crippen molar-refractivity contribution in [2.45, 2.75) is 45.8 Å². The number of β-amino-alcohol motifs (C(OH)–C–C–N with tert-alkyl or cyclic N) is 1. The maximum absolute atomic E-state index is 11.6. The van der Waals surface area contributed by atoms with Gasteiger partial charge in [0.25, 0.3) is 0 Å². The summed E-state index contributed by atoms with van der Waals surface area (Å²) in [5, 5.41) is 9.76. The third kappa shape index (κ3) is 4.74. The van der Waals surface area contributed by atoms with Gasteiger partial charge in [-0.3, -0.25) is 14.6 Å². The highest BCUT2D eigenvalue weighted by Crippen LogP contribution is 2.11. The molecule has 1 N–H and O–H groups in total. The Balaban J connectivity index is 2.38. The molecule has 1 aliphatic heterocycles. The van der Waals surface area contributed by atoms with Crippen LogP contribution in [0.4, 0.5) is 0 Å². The van der Waals surface area contributed by atoms with Crippen molar-refractivity contribution in [1.82, 2.24) is 9.80 Å². The van der Waals surface area contributed by atoms with E-state index in [1.807, 2.05) is 27.7 Å². The number of ketones is 1. The summed E-state index contributed by atoms with van der Waals surface area (Å²) >= 11 is 0. The Hall–Kier alpha value is -0.450. The van der Waals surface area contributed by atoms with Crippen molar-refractivity contribution in [2.24, 2.45) is 0 Å².